The normalized spacial score (nSPS) is 23.1. The van der Waals surface area contributed by atoms with Gasteiger partial charge in [-0.3, -0.25) is 4.79 Å². The summed E-state index contributed by atoms with van der Waals surface area (Å²) in [7, 11) is 1.62. The number of carbonyl (C=O) groups is 2. The number of hydroxylamine groups is 1. The van der Waals surface area contributed by atoms with E-state index in [0.717, 1.165) is 57.4 Å². The van der Waals surface area contributed by atoms with Crippen LogP contribution in [0, 0.1) is 11.8 Å². The van der Waals surface area contributed by atoms with Crippen LogP contribution in [0.4, 0.5) is 4.79 Å². The molecular weight excluding hydrogens is 470 g/mol. The molecule has 1 N–H and O–H groups in total. The highest BCUT2D eigenvalue weighted by atomic mass is 16.6. The maximum atomic E-state index is 12.9. The minimum atomic E-state index is -0.463. The van der Waals surface area contributed by atoms with E-state index in [-0.39, 0.29) is 24.0 Å². The average molecular weight is 514 g/mol. The van der Waals surface area contributed by atoms with Gasteiger partial charge in [-0.15, -0.1) is 0 Å². The third-order valence-corrected chi connectivity index (χ3v) is 7.52. The summed E-state index contributed by atoms with van der Waals surface area (Å²) in [6, 6.07) is 8.55. The van der Waals surface area contributed by atoms with Crippen molar-refractivity contribution in [2.24, 2.45) is 11.8 Å². The number of benzene rings is 1. The Balaban J connectivity index is 1.19. The molecule has 2 amide bonds. The lowest BCUT2D eigenvalue weighted by atomic mass is 9.86. The van der Waals surface area contributed by atoms with Gasteiger partial charge in [-0.1, -0.05) is 18.2 Å². The number of nitrogens with zero attached hydrogens (tertiary/aromatic N) is 2. The van der Waals surface area contributed by atoms with E-state index >= 15 is 0 Å². The number of piperidine rings is 1. The molecule has 0 bridgehead atoms. The smallest absolute Gasteiger partial charge is 0.410 e. The zero-order valence-electron chi connectivity index (χ0n) is 22.8. The molecule has 0 aromatic heterocycles. The number of amides is 2. The van der Waals surface area contributed by atoms with Crippen LogP contribution in [0.2, 0.25) is 0 Å². The number of hydrogen-bond acceptors (Lipinski definition) is 6. The fourth-order valence-corrected chi connectivity index (χ4v) is 5.39. The van der Waals surface area contributed by atoms with Crippen LogP contribution in [0.15, 0.2) is 30.3 Å². The van der Waals surface area contributed by atoms with Gasteiger partial charge in [0, 0.05) is 32.1 Å². The zero-order valence-corrected chi connectivity index (χ0v) is 22.8. The summed E-state index contributed by atoms with van der Waals surface area (Å²) in [5, 5.41) is 0. The van der Waals surface area contributed by atoms with Gasteiger partial charge in [-0.2, -0.15) is 5.48 Å². The van der Waals surface area contributed by atoms with Gasteiger partial charge in [0.05, 0.1) is 19.8 Å². The van der Waals surface area contributed by atoms with Crippen LogP contribution in [0.25, 0.3) is 5.57 Å². The van der Waals surface area contributed by atoms with Crippen LogP contribution in [-0.2, 0) is 14.4 Å². The number of likely N-dealkylation sites (tertiary alicyclic amines) is 2. The molecule has 1 aromatic rings. The summed E-state index contributed by atoms with van der Waals surface area (Å²) < 4.78 is 11.6. The van der Waals surface area contributed by atoms with Crippen molar-refractivity contribution < 1.29 is 23.9 Å². The second-order valence-corrected chi connectivity index (χ2v) is 11.5. The molecule has 204 valence electrons. The number of rotatable bonds is 7. The summed E-state index contributed by atoms with van der Waals surface area (Å²) in [5.74, 6) is 1.66. The minimum absolute atomic E-state index is 0.0781. The number of nitrogens with one attached hydrogen (secondary N) is 1. The van der Waals surface area contributed by atoms with E-state index < -0.39 is 5.60 Å². The molecule has 2 atom stereocenters. The number of ether oxygens (including phenoxy) is 2. The highest BCUT2D eigenvalue weighted by Crippen LogP contribution is 2.33. The summed E-state index contributed by atoms with van der Waals surface area (Å²) in [6.07, 6.45) is 7.40. The van der Waals surface area contributed by atoms with E-state index in [0.29, 0.717) is 25.6 Å². The number of hydrogen-bond donors (Lipinski definition) is 1. The molecule has 0 saturated carbocycles. The van der Waals surface area contributed by atoms with E-state index in [4.69, 9.17) is 14.3 Å². The lowest BCUT2D eigenvalue weighted by molar-refractivity contribution is -0.134. The van der Waals surface area contributed by atoms with Crippen molar-refractivity contribution in [3.63, 3.8) is 0 Å². The second kappa shape index (κ2) is 12.3. The first-order chi connectivity index (χ1) is 17.7. The molecule has 2 saturated heterocycles. The molecule has 2 heterocycles. The Morgan fingerprint density at radius 3 is 2.32 bits per heavy atom. The summed E-state index contributed by atoms with van der Waals surface area (Å²) in [5.41, 5.74) is 5.02. The Labute approximate surface area is 221 Å². The van der Waals surface area contributed by atoms with Gasteiger partial charge in [0.2, 0.25) is 5.91 Å². The highest BCUT2D eigenvalue weighted by molar-refractivity contribution is 5.81. The summed E-state index contributed by atoms with van der Waals surface area (Å²) in [4.78, 5) is 34.0. The van der Waals surface area contributed by atoms with E-state index in [2.05, 4.69) is 23.7 Å². The van der Waals surface area contributed by atoms with Crippen molar-refractivity contribution in [1.29, 1.82) is 0 Å². The maximum absolute atomic E-state index is 12.9. The number of carbonyl (C=O) groups excluding carboxylic acids is 2. The van der Waals surface area contributed by atoms with Crippen LogP contribution in [0.5, 0.6) is 5.75 Å². The maximum Gasteiger partial charge on any atom is 0.410 e. The first-order valence-corrected chi connectivity index (χ1v) is 13.7. The molecule has 0 spiro atoms. The predicted molar refractivity (Wildman–Crippen MR) is 143 cm³/mol. The van der Waals surface area contributed by atoms with Crippen LogP contribution in [-0.4, -0.2) is 73.3 Å². The van der Waals surface area contributed by atoms with Crippen molar-refractivity contribution >= 4 is 17.6 Å². The van der Waals surface area contributed by atoms with E-state index in [1.807, 2.05) is 37.8 Å². The van der Waals surface area contributed by atoms with Gasteiger partial charge in [0.1, 0.15) is 11.4 Å². The zero-order chi connectivity index (χ0) is 26.4. The van der Waals surface area contributed by atoms with E-state index in [9.17, 15) is 9.59 Å². The van der Waals surface area contributed by atoms with Crippen molar-refractivity contribution in [2.75, 3.05) is 39.9 Å². The first-order valence-electron chi connectivity index (χ1n) is 13.7. The molecule has 2 unspecified atom stereocenters. The SMILES string of the molecule is CONC1CCN(C(=O)C2CC=C(c3ccc(OCC4CCN(C(=O)OC(C)(C)C)CC4)cc3)CC2)C1. The quantitative estimate of drug-likeness (QED) is 0.535. The van der Waals surface area contributed by atoms with Crippen molar-refractivity contribution in [2.45, 2.75) is 70.9 Å². The van der Waals surface area contributed by atoms with Gasteiger partial charge < -0.3 is 24.1 Å². The molecule has 4 rings (SSSR count). The van der Waals surface area contributed by atoms with Crippen LogP contribution < -0.4 is 10.2 Å². The summed E-state index contributed by atoms with van der Waals surface area (Å²) in [6.45, 7) is 9.29. The second-order valence-electron chi connectivity index (χ2n) is 11.5. The molecule has 8 nitrogen and oxygen atoms in total. The molecule has 2 fully saturated rings. The van der Waals surface area contributed by atoms with Crippen LogP contribution >= 0.6 is 0 Å². The minimum Gasteiger partial charge on any atom is -0.493 e. The van der Waals surface area contributed by atoms with Crippen molar-refractivity contribution in [1.82, 2.24) is 15.3 Å². The first kappa shape index (κ1) is 27.5. The van der Waals surface area contributed by atoms with E-state index in [1.165, 1.54) is 11.1 Å². The topological polar surface area (TPSA) is 80.3 Å². The largest absolute Gasteiger partial charge is 0.493 e. The molecule has 37 heavy (non-hydrogen) atoms. The van der Waals surface area contributed by atoms with Gasteiger partial charge in [0.25, 0.3) is 0 Å². The Morgan fingerprint density at radius 1 is 1.00 bits per heavy atom. The third kappa shape index (κ3) is 7.71. The fraction of sp³-hybridized carbons (Fsp3) is 0.655. The monoisotopic (exact) mass is 513 g/mol. The van der Waals surface area contributed by atoms with Gasteiger partial charge in [0.15, 0.2) is 0 Å². The van der Waals surface area contributed by atoms with Gasteiger partial charge in [-0.25, -0.2) is 4.79 Å². The molecule has 2 aliphatic heterocycles. The van der Waals surface area contributed by atoms with E-state index in [1.54, 1.807) is 12.0 Å². The number of allylic oxidation sites excluding steroid dienone is 2. The Morgan fingerprint density at radius 2 is 1.70 bits per heavy atom. The molecular formula is C29H43N3O5. The van der Waals surface area contributed by atoms with Crippen LogP contribution in [0.3, 0.4) is 0 Å². The van der Waals surface area contributed by atoms with Gasteiger partial charge >= 0.3 is 6.09 Å². The molecule has 0 radical (unpaired) electrons. The Hall–Kier alpha value is -2.58. The Bertz CT molecular complexity index is 947. The third-order valence-electron chi connectivity index (χ3n) is 7.52. The average Bonchev–Trinajstić information content (AvgIpc) is 3.36. The van der Waals surface area contributed by atoms with Gasteiger partial charge in [-0.05, 0) is 88.5 Å². The standard InChI is InChI=1S/C29H43N3O5/c1-29(2,3)37-28(34)31-16-13-21(14-17-31)20-36-26-11-9-23(10-12-26)22-5-7-24(8-6-22)27(33)32-18-15-25(19-32)30-35-4/h5,9-12,21,24-25,30H,6-8,13-20H2,1-4H3. The molecule has 8 heteroatoms. The fourth-order valence-electron chi connectivity index (χ4n) is 5.39. The Kier molecular flexibility index (Phi) is 9.13. The van der Waals surface area contributed by atoms with Crippen LogP contribution in [0.1, 0.15) is 64.9 Å². The van der Waals surface area contributed by atoms with Crippen molar-refractivity contribution in [3.8, 4) is 5.75 Å². The highest BCUT2D eigenvalue weighted by Gasteiger charge is 2.32. The molecule has 3 aliphatic rings. The summed E-state index contributed by atoms with van der Waals surface area (Å²) >= 11 is 0. The molecule has 1 aliphatic carbocycles. The lowest BCUT2D eigenvalue weighted by Crippen LogP contribution is -2.42. The predicted octanol–water partition coefficient (Wildman–Crippen LogP) is 4.65. The lowest BCUT2D eigenvalue weighted by Gasteiger charge is -2.33. The molecule has 1 aromatic carbocycles. The van der Waals surface area contributed by atoms with Crippen molar-refractivity contribution in [3.05, 3.63) is 35.9 Å².